The Balaban J connectivity index is 2.39. The highest BCUT2D eigenvalue weighted by molar-refractivity contribution is 7.10. The molecule has 1 unspecified atom stereocenters. The van der Waals surface area contributed by atoms with E-state index in [2.05, 4.69) is 32.2 Å². The summed E-state index contributed by atoms with van der Waals surface area (Å²) in [6.45, 7) is 6.80. The van der Waals surface area contributed by atoms with Crippen LogP contribution in [0.3, 0.4) is 0 Å². The highest BCUT2D eigenvalue weighted by atomic mass is 32.1. The van der Waals surface area contributed by atoms with E-state index in [0.717, 1.165) is 6.42 Å². The molecular formula is C13H21NS. The molecule has 1 fully saturated rings. The molecule has 1 nitrogen and oxygen atoms in total. The van der Waals surface area contributed by atoms with Gasteiger partial charge in [0.15, 0.2) is 0 Å². The molecule has 0 aromatic carbocycles. The fraction of sp³-hybridized carbons (Fsp3) is 0.692. The molecule has 2 N–H and O–H groups in total. The van der Waals surface area contributed by atoms with Crippen LogP contribution in [-0.4, -0.2) is 0 Å². The molecule has 1 aliphatic carbocycles. The largest absolute Gasteiger partial charge is 0.321 e. The van der Waals surface area contributed by atoms with Crippen LogP contribution in [0.5, 0.6) is 0 Å². The Labute approximate surface area is 96.7 Å². The fourth-order valence-corrected chi connectivity index (χ4v) is 3.53. The van der Waals surface area contributed by atoms with Crippen molar-refractivity contribution in [2.24, 2.45) is 11.1 Å². The van der Waals surface area contributed by atoms with E-state index in [-0.39, 0.29) is 11.0 Å². The first-order valence-corrected chi connectivity index (χ1v) is 6.68. The van der Waals surface area contributed by atoms with Gasteiger partial charge in [-0.3, -0.25) is 0 Å². The minimum absolute atomic E-state index is 0.101. The number of thiophene rings is 1. The van der Waals surface area contributed by atoms with Crippen molar-refractivity contribution in [2.45, 2.75) is 52.0 Å². The van der Waals surface area contributed by atoms with Crippen molar-refractivity contribution in [2.75, 3.05) is 0 Å². The second kappa shape index (κ2) is 3.60. The number of rotatable bonds is 1. The van der Waals surface area contributed by atoms with Crippen molar-refractivity contribution >= 4 is 11.3 Å². The van der Waals surface area contributed by atoms with E-state index in [9.17, 15) is 0 Å². The van der Waals surface area contributed by atoms with Gasteiger partial charge in [-0.1, -0.05) is 26.7 Å². The SMILES string of the molecule is Cc1cc(C2(N)CCCCC2(C)C)cs1. The zero-order chi connectivity index (χ0) is 11.1. The Kier molecular flexibility index (Phi) is 2.68. The quantitative estimate of drug-likeness (QED) is 0.769. The lowest BCUT2D eigenvalue weighted by Crippen LogP contribution is -2.51. The third-order valence-corrected chi connectivity index (χ3v) is 4.94. The smallest absolute Gasteiger partial charge is 0.0469 e. The fourth-order valence-electron chi connectivity index (χ4n) is 2.74. The lowest BCUT2D eigenvalue weighted by molar-refractivity contribution is 0.0982. The van der Waals surface area contributed by atoms with Crippen LogP contribution in [0.15, 0.2) is 11.4 Å². The van der Waals surface area contributed by atoms with E-state index in [4.69, 9.17) is 5.73 Å². The molecule has 0 spiro atoms. The van der Waals surface area contributed by atoms with E-state index >= 15 is 0 Å². The summed E-state index contributed by atoms with van der Waals surface area (Å²) in [6, 6.07) is 2.28. The molecule has 1 saturated carbocycles. The first-order valence-electron chi connectivity index (χ1n) is 5.80. The average molecular weight is 223 g/mol. The van der Waals surface area contributed by atoms with Crippen LogP contribution >= 0.6 is 11.3 Å². The van der Waals surface area contributed by atoms with Gasteiger partial charge < -0.3 is 5.73 Å². The topological polar surface area (TPSA) is 26.0 Å². The Morgan fingerprint density at radius 2 is 1.93 bits per heavy atom. The van der Waals surface area contributed by atoms with Gasteiger partial charge in [0, 0.05) is 10.4 Å². The van der Waals surface area contributed by atoms with Gasteiger partial charge in [0.1, 0.15) is 0 Å². The van der Waals surface area contributed by atoms with Crippen molar-refractivity contribution < 1.29 is 0 Å². The third kappa shape index (κ3) is 1.74. The summed E-state index contributed by atoms with van der Waals surface area (Å²) >= 11 is 1.82. The number of aryl methyl sites for hydroxylation is 1. The standard InChI is InChI=1S/C13H21NS/c1-10-8-11(9-15-10)13(14)7-5-4-6-12(13,2)3/h8-9H,4-7,14H2,1-3H3. The van der Waals surface area contributed by atoms with Crippen LogP contribution in [0.4, 0.5) is 0 Å². The molecule has 0 bridgehead atoms. The molecule has 1 heterocycles. The third-order valence-electron chi connectivity index (χ3n) is 4.08. The number of hydrogen-bond donors (Lipinski definition) is 1. The van der Waals surface area contributed by atoms with Crippen molar-refractivity contribution in [3.05, 3.63) is 21.9 Å². The Morgan fingerprint density at radius 1 is 1.27 bits per heavy atom. The van der Waals surface area contributed by atoms with E-state index in [0.29, 0.717) is 0 Å². The van der Waals surface area contributed by atoms with E-state index in [1.807, 2.05) is 11.3 Å². The summed E-state index contributed by atoms with van der Waals surface area (Å²) in [5.74, 6) is 0. The predicted molar refractivity (Wildman–Crippen MR) is 67.2 cm³/mol. The van der Waals surface area contributed by atoms with Crippen molar-refractivity contribution in [3.63, 3.8) is 0 Å². The zero-order valence-corrected chi connectivity index (χ0v) is 10.8. The summed E-state index contributed by atoms with van der Waals surface area (Å²) in [5.41, 5.74) is 8.17. The highest BCUT2D eigenvalue weighted by Gasteiger charge is 2.44. The summed E-state index contributed by atoms with van der Waals surface area (Å²) in [4.78, 5) is 1.37. The van der Waals surface area contributed by atoms with Gasteiger partial charge in [0.25, 0.3) is 0 Å². The summed E-state index contributed by atoms with van der Waals surface area (Å²) in [6.07, 6.45) is 4.98. The summed E-state index contributed by atoms with van der Waals surface area (Å²) < 4.78 is 0. The van der Waals surface area contributed by atoms with Crippen LogP contribution in [0, 0.1) is 12.3 Å². The molecule has 1 aromatic rings. The molecular weight excluding hydrogens is 202 g/mol. The number of hydrogen-bond acceptors (Lipinski definition) is 2. The Hall–Kier alpha value is -0.340. The molecule has 0 amide bonds. The van der Waals surface area contributed by atoms with E-state index in [1.165, 1.54) is 29.7 Å². The van der Waals surface area contributed by atoms with Gasteiger partial charge >= 0.3 is 0 Å². The van der Waals surface area contributed by atoms with Crippen LogP contribution in [0.1, 0.15) is 50.0 Å². The number of nitrogens with two attached hydrogens (primary N) is 1. The van der Waals surface area contributed by atoms with Crippen LogP contribution in [-0.2, 0) is 5.54 Å². The Morgan fingerprint density at radius 3 is 2.47 bits per heavy atom. The second-order valence-corrected chi connectivity index (χ2v) is 6.62. The lowest BCUT2D eigenvalue weighted by atomic mass is 9.61. The van der Waals surface area contributed by atoms with Crippen LogP contribution in [0.25, 0.3) is 0 Å². The lowest BCUT2D eigenvalue weighted by Gasteiger charge is -2.47. The monoisotopic (exact) mass is 223 g/mol. The maximum absolute atomic E-state index is 6.68. The molecule has 0 saturated heterocycles. The first kappa shape index (κ1) is 11.2. The van der Waals surface area contributed by atoms with Crippen molar-refractivity contribution in [1.82, 2.24) is 0 Å². The molecule has 1 aromatic heterocycles. The van der Waals surface area contributed by atoms with E-state index in [1.54, 1.807) is 0 Å². The average Bonchev–Trinajstić information content (AvgIpc) is 2.58. The van der Waals surface area contributed by atoms with Crippen molar-refractivity contribution in [1.29, 1.82) is 0 Å². The predicted octanol–water partition coefficient (Wildman–Crippen LogP) is 3.81. The molecule has 2 rings (SSSR count). The maximum Gasteiger partial charge on any atom is 0.0469 e. The first-order chi connectivity index (χ1) is 6.96. The van der Waals surface area contributed by atoms with Crippen LogP contribution < -0.4 is 5.73 Å². The maximum atomic E-state index is 6.68. The zero-order valence-electron chi connectivity index (χ0n) is 9.97. The molecule has 15 heavy (non-hydrogen) atoms. The van der Waals surface area contributed by atoms with Gasteiger partial charge in [-0.15, -0.1) is 11.3 Å². The van der Waals surface area contributed by atoms with Gasteiger partial charge in [-0.2, -0.15) is 0 Å². The molecule has 2 heteroatoms. The van der Waals surface area contributed by atoms with Gasteiger partial charge in [0.2, 0.25) is 0 Å². The second-order valence-electron chi connectivity index (χ2n) is 5.51. The normalized spacial score (nSPS) is 30.4. The van der Waals surface area contributed by atoms with Gasteiger partial charge in [-0.25, -0.2) is 0 Å². The molecule has 1 atom stereocenters. The van der Waals surface area contributed by atoms with Crippen molar-refractivity contribution in [3.8, 4) is 0 Å². The van der Waals surface area contributed by atoms with E-state index < -0.39 is 0 Å². The minimum atomic E-state index is -0.101. The molecule has 0 radical (unpaired) electrons. The molecule has 84 valence electrons. The molecule has 1 aliphatic rings. The molecule has 0 aliphatic heterocycles. The summed E-state index contributed by atoms with van der Waals surface area (Å²) in [7, 11) is 0. The van der Waals surface area contributed by atoms with Gasteiger partial charge in [0.05, 0.1) is 0 Å². The summed E-state index contributed by atoms with van der Waals surface area (Å²) in [5, 5.41) is 2.25. The minimum Gasteiger partial charge on any atom is -0.321 e. The Bertz CT molecular complexity index is 353. The highest BCUT2D eigenvalue weighted by Crippen LogP contribution is 2.49. The van der Waals surface area contributed by atoms with Gasteiger partial charge in [-0.05, 0) is 42.2 Å². The van der Waals surface area contributed by atoms with Crippen LogP contribution in [0.2, 0.25) is 0 Å².